The molecule has 0 spiro atoms. The smallest absolute Gasteiger partial charge is 0.120 e. The van der Waals surface area contributed by atoms with E-state index in [1.807, 2.05) is 0 Å². The number of halogens is 2. The van der Waals surface area contributed by atoms with Gasteiger partial charge in [-0.05, 0) is 11.8 Å². The fourth-order valence-electron chi connectivity index (χ4n) is 1.26. The molecule has 1 aliphatic heterocycles. The van der Waals surface area contributed by atoms with Crippen molar-refractivity contribution < 1.29 is 0 Å². The van der Waals surface area contributed by atoms with E-state index in [1.54, 1.807) is 10.6 Å². The number of hydrogen-bond acceptors (Lipinski definition) is 5. The summed E-state index contributed by atoms with van der Waals surface area (Å²) >= 11 is 13.2. The van der Waals surface area contributed by atoms with Gasteiger partial charge in [0.2, 0.25) is 0 Å². The quantitative estimate of drug-likeness (QED) is 0.454. The Hall–Kier alpha value is 0.0600. The molecule has 0 saturated carbocycles. The van der Waals surface area contributed by atoms with Crippen molar-refractivity contribution in [1.82, 2.24) is 18.5 Å². The number of nitrogens with one attached hydrogen (secondary N) is 1. The minimum atomic E-state index is -0.265. The first-order valence-corrected chi connectivity index (χ1v) is 5.37. The van der Waals surface area contributed by atoms with Crippen LogP contribution >= 0.6 is 35.1 Å². The lowest BCUT2D eigenvalue weighted by Crippen LogP contribution is -2.46. The van der Waals surface area contributed by atoms with E-state index in [1.165, 1.54) is 11.7 Å². The van der Waals surface area contributed by atoms with Crippen LogP contribution in [-0.4, -0.2) is 31.8 Å². The Morgan fingerprint density at radius 2 is 2.54 bits per heavy atom. The molecular formula is C6H8Cl2N4S. The van der Waals surface area contributed by atoms with Gasteiger partial charge in [0.05, 0.1) is 29.7 Å². The summed E-state index contributed by atoms with van der Waals surface area (Å²) in [7, 11) is 0. The van der Waals surface area contributed by atoms with E-state index in [0.29, 0.717) is 0 Å². The molecule has 0 amide bonds. The van der Waals surface area contributed by atoms with E-state index < -0.39 is 0 Å². The number of piperazine rings is 1. The van der Waals surface area contributed by atoms with Crippen LogP contribution in [0.25, 0.3) is 0 Å². The zero-order valence-corrected chi connectivity index (χ0v) is 8.98. The van der Waals surface area contributed by atoms with Gasteiger partial charge in [0, 0.05) is 13.1 Å². The van der Waals surface area contributed by atoms with Crippen molar-refractivity contribution in [3.63, 3.8) is 0 Å². The average Bonchev–Trinajstić information content (AvgIpc) is 2.62. The van der Waals surface area contributed by atoms with Crippen LogP contribution in [0.3, 0.4) is 0 Å². The summed E-state index contributed by atoms with van der Waals surface area (Å²) in [5.74, 6) is 0. The van der Waals surface area contributed by atoms with E-state index in [2.05, 4.69) is 14.1 Å². The molecule has 0 radical (unpaired) electrons. The minimum absolute atomic E-state index is 0.0216. The van der Waals surface area contributed by atoms with Crippen molar-refractivity contribution in [3.05, 3.63) is 11.9 Å². The molecule has 2 rings (SSSR count). The van der Waals surface area contributed by atoms with Gasteiger partial charge in [-0.1, -0.05) is 0 Å². The molecule has 0 aromatic carbocycles. The number of hydrogen-bond donors (Lipinski definition) is 1. The topological polar surface area (TPSA) is 41.1 Å². The lowest BCUT2D eigenvalue weighted by Gasteiger charge is -2.32. The predicted octanol–water partition coefficient (Wildman–Crippen LogP) is 1.20. The molecule has 0 bridgehead atoms. The van der Waals surface area contributed by atoms with E-state index in [-0.39, 0.29) is 11.5 Å². The molecular weight excluding hydrogens is 231 g/mol. The van der Waals surface area contributed by atoms with E-state index in [0.717, 1.165) is 18.8 Å². The van der Waals surface area contributed by atoms with Crippen molar-refractivity contribution in [1.29, 1.82) is 0 Å². The maximum atomic E-state index is 6.09. The first kappa shape index (κ1) is 9.61. The molecule has 1 saturated heterocycles. The van der Waals surface area contributed by atoms with Crippen molar-refractivity contribution in [2.45, 2.75) is 11.5 Å². The fourth-order valence-corrected chi connectivity index (χ4v) is 2.23. The highest BCUT2D eigenvalue weighted by Gasteiger charge is 2.31. The van der Waals surface area contributed by atoms with Crippen molar-refractivity contribution in [3.8, 4) is 0 Å². The van der Waals surface area contributed by atoms with Gasteiger partial charge in [0.25, 0.3) is 0 Å². The van der Waals surface area contributed by atoms with E-state index >= 15 is 0 Å². The van der Waals surface area contributed by atoms with Crippen LogP contribution in [0.2, 0.25) is 0 Å². The van der Waals surface area contributed by atoms with Gasteiger partial charge < -0.3 is 5.32 Å². The van der Waals surface area contributed by atoms with Crippen molar-refractivity contribution >= 4 is 35.1 Å². The molecule has 13 heavy (non-hydrogen) atoms. The Bertz CT molecular complexity index is 268. The second-order valence-corrected chi connectivity index (χ2v) is 4.20. The van der Waals surface area contributed by atoms with Crippen LogP contribution < -0.4 is 5.32 Å². The second kappa shape index (κ2) is 4.06. The van der Waals surface area contributed by atoms with Gasteiger partial charge in [-0.25, -0.2) is 0 Å². The van der Waals surface area contributed by atoms with Gasteiger partial charge in [-0.15, -0.1) is 11.6 Å². The number of nitrogens with zero attached hydrogens (tertiary/aromatic N) is 3. The first-order valence-electron chi connectivity index (χ1n) is 3.86. The highest BCUT2D eigenvalue weighted by atomic mass is 35.5. The van der Waals surface area contributed by atoms with E-state index in [9.17, 15) is 0 Å². The molecule has 1 N–H and O–H groups in total. The Morgan fingerprint density at radius 3 is 3.23 bits per heavy atom. The largest absolute Gasteiger partial charge is 0.305 e. The standard InChI is InChI=1S/C6H8Cl2N4S/c7-6-5(4-3-10-13-11-4)9-1-2-12(6)8/h3,5-6,9H,1-2H2. The van der Waals surface area contributed by atoms with E-state index in [4.69, 9.17) is 23.4 Å². The average molecular weight is 239 g/mol. The van der Waals surface area contributed by atoms with Crippen LogP contribution in [0.5, 0.6) is 0 Å². The summed E-state index contributed by atoms with van der Waals surface area (Å²) in [6, 6.07) is -0.0216. The monoisotopic (exact) mass is 238 g/mol. The molecule has 72 valence electrons. The lowest BCUT2D eigenvalue weighted by molar-refractivity contribution is 0.280. The minimum Gasteiger partial charge on any atom is -0.305 e. The lowest BCUT2D eigenvalue weighted by atomic mass is 10.2. The van der Waals surface area contributed by atoms with Crippen LogP contribution in [0, 0.1) is 0 Å². The summed E-state index contributed by atoms with van der Waals surface area (Å²) in [5, 5.41) is 3.25. The Labute approximate surface area is 90.3 Å². The van der Waals surface area contributed by atoms with Crippen LogP contribution in [-0.2, 0) is 0 Å². The first-order chi connectivity index (χ1) is 6.29. The number of rotatable bonds is 1. The fraction of sp³-hybridized carbons (Fsp3) is 0.667. The predicted molar refractivity (Wildman–Crippen MR) is 52.9 cm³/mol. The summed E-state index contributed by atoms with van der Waals surface area (Å²) < 4.78 is 9.64. The van der Waals surface area contributed by atoms with Gasteiger partial charge in [0.1, 0.15) is 5.50 Å². The van der Waals surface area contributed by atoms with Gasteiger partial charge >= 0.3 is 0 Å². The molecule has 0 aliphatic carbocycles. The molecule has 1 aromatic heterocycles. The summed E-state index contributed by atoms with van der Waals surface area (Å²) in [5.41, 5.74) is 0.592. The van der Waals surface area contributed by atoms with Gasteiger partial charge in [-0.3, -0.25) is 0 Å². The summed E-state index contributed by atoms with van der Waals surface area (Å²) in [6.45, 7) is 1.55. The summed E-state index contributed by atoms with van der Waals surface area (Å²) in [4.78, 5) is 0. The third kappa shape index (κ3) is 1.94. The molecule has 2 atom stereocenters. The molecule has 7 heteroatoms. The second-order valence-electron chi connectivity index (χ2n) is 2.76. The Balaban J connectivity index is 2.14. The highest BCUT2D eigenvalue weighted by Crippen LogP contribution is 2.26. The molecule has 2 heterocycles. The number of aromatic nitrogens is 2. The molecule has 2 unspecified atom stereocenters. The van der Waals surface area contributed by atoms with Crippen LogP contribution in [0.15, 0.2) is 6.20 Å². The molecule has 1 aliphatic rings. The highest BCUT2D eigenvalue weighted by molar-refractivity contribution is 6.99. The Morgan fingerprint density at radius 1 is 1.69 bits per heavy atom. The van der Waals surface area contributed by atoms with Crippen molar-refractivity contribution in [2.24, 2.45) is 0 Å². The maximum Gasteiger partial charge on any atom is 0.120 e. The van der Waals surface area contributed by atoms with Crippen LogP contribution in [0.4, 0.5) is 0 Å². The molecule has 4 nitrogen and oxygen atoms in total. The molecule has 1 fully saturated rings. The zero-order chi connectivity index (χ0) is 9.26. The van der Waals surface area contributed by atoms with Gasteiger partial charge in [-0.2, -0.15) is 13.2 Å². The summed E-state index contributed by atoms with van der Waals surface area (Å²) in [6.07, 6.45) is 1.72. The van der Waals surface area contributed by atoms with Crippen LogP contribution in [0.1, 0.15) is 11.7 Å². The SMILES string of the molecule is ClC1C(c2cnsn2)NCCN1Cl. The zero-order valence-electron chi connectivity index (χ0n) is 6.65. The normalized spacial score (nSPS) is 30.6. The maximum absolute atomic E-state index is 6.09. The third-order valence-electron chi connectivity index (χ3n) is 1.93. The number of alkyl halides is 1. The third-order valence-corrected chi connectivity index (χ3v) is 3.39. The molecule has 1 aromatic rings. The Kier molecular flexibility index (Phi) is 3.00. The van der Waals surface area contributed by atoms with Gasteiger partial charge in [0.15, 0.2) is 0 Å². The van der Waals surface area contributed by atoms with Crippen molar-refractivity contribution in [2.75, 3.05) is 13.1 Å².